The summed E-state index contributed by atoms with van der Waals surface area (Å²) in [5.41, 5.74) is 0.724. The average Bonchev–Trinajstić information content (AvgIpc) is 2.85. The van der Waals surface area contributed by atoms with E-state index in [1.807, 2.05) is 49.1 Å². The van der Waals surface area contributed by atoms with Crippen LogP contribution in [0.4, 0.5) is 10.6 Å². The number of fused-ring (bicyclic) bond motifs is 7. The first-order valence-electron chi connectivity index (χ1n) is 11.8. The fourth-order valence-electron chi connectivity index (χ4n) is 5.84. The van der Waals surface area contributed by atoms with E-state index in [1.165, 1.54) is 4.40 Å². The van der Waals surface area contributed by atoms with Crippen molar-refractivity contribution in [2.45, 2.75) is 32.7 Å². The van der Waals surface area contributed by atoms with Gasteiger partial charge in [0.05, 0.1) is 11.6 Å². The van der Waals surface area contributed by atoms with Crippen LogP contribution in [-0.2, 0) is 22.4 Å². The quantitative estimate of drug-likeness (QED) is 0.574. The molecule has 9 nitrogen and oxygen atoms in total. The highest BCUT2D eigenvalue weighted by atomic mass is 16.2. The Kier molecular flexibility index (Phi) is 4.61. The molecule has 1 N–H and O–H groups in total. The largest absolute Gasteiger partial charge is 0.347 e. The Balaban J connectivity index is 1.65. The summed E-state index contributed by atoms with van der Waals surface area (Å²) in [6.07, 6.45) is 2.18. The topological polar surface area (TPSA) is 104 Å². The second-order valence-corrected chi connectivity index (χ2v) is 9.91. The van der Waals surface area contributed by atoms with Gasteiger partial charge in [0.15, 0.2) is 5.41 Å². The molecule has 0 bridgehead atoms. The summed E-state index contributed by atoms with van der Waals surface area (Å²) in [6, 6.07) is 11.7. The minimum Gasteiger partial charge on any atom is -0.347 e. The van der Waals surface area contributed by atoms with Gasteiger partial charge in [0.2, 0.25) is 11.8 Å². The second kappa shape index (κ2) is 7.49. The van der Waals surface area contributed by atoms with Gasteiger partial charge in [0, 0.05) is 25.7 Å². The van der Waals surface area contributed by atoms with Crippen molar-refractivity contribution in [3.05, 3.63) is 75.7 Å². The lowest BCUT2D eigenvalue weighted by Gasteiger charge is -2.53. The highest BCUT2D eigenvalue weighted by Crippen LogP contribution is 2.52. The summed E-state index contributed by atoms with van der Waals surface area (Å²) in [5.74, 6) is -0.715. The molecule has 6 rings (SSSR count). The number of hydrogen-bond acceptors (Lipinski definition) is 6. The molecule has 3 aliphatic rings. The van der Waals surface area contributed by atoms with Crippen LogP contribution >= 0.6 is 0 Å². The molecular formula is C26H25N5O4. The molecule has 1 fully saturated rings. The van der Waals surface area contributed by atoms with Crippen molar-refractivity contribution >= 4 is 29.3 Å². The van der Waals surface area contributed by atoms with Gasteiger partial charge in [0.25, 0.3) is 5.56 Å². The van der Waals surface area contributed by atoms with Crippen LogP contribution in [0.3, 0.4) is 0 Å². The zero-order valence-electron chi connectivity index (χ0n) is 19.5. The third kappa shape index (κ3) is 2.90. The first kappa shape index (κ1) is 21.5. The molecule has 1 saturated heterocycles. The molecule has 0 radical (unpaired) electrons. The summed E-state index contributed by atoms with van der Waals surface area (Å²) >= 11 is 0. The van der Waals surface area contributed by atoms with E-state index in [-0.39, 0.29) is 24.4 Å². The van der Waals surface area contributed by atoms with Crippen LogP contribution < -0.4 is 15.8 Å². The molecule has 4 amide bonds. The maximum Gasteiger partial charge on any atom is 0.330 e. The van der Waals surface area contributed by atoms with Crippen molar-refractivity contribution in [1.29, 1.82) is 0 Å². The first-order chi connectivity index (χ1) is 16.8. The van der Waals surface area contributed by atoms with Gasteiger partial charge in [-0.2, -0.15) is 0 Å². The van der Waals surface area contributed by atoms with Crippen LogP contribution in [0.5, 0.6) is 0 Å². The standard InChI is InChI=1S/C26H25N5O4/c1-15(2)14-31-24(34)26(23(33)28-25(31)35)13-18-21(27-19-9-5-6-11-29(19)22(18)32)30-12-10-16-7-3-4-8-17(16)20(26)30/h3-9,11,15,20H,10,12-14H2,1-2H3,(H,28,33,35)/t20-,26-/m0/s1. The van der Waals surface area contributed by atoms with Gasteiger partial charge >= 0.3 is 6.03 Å². The first-order valence-corrected chi connectivity index (χ1v) is 11.8. The number of urea groups is 1. The molecule has 35 heavy (non-hydrogen) atoms. The Morgan fingerprint density at radius 3 is 2.66 bits per heavy atom. The Labute approximate surface area is 201 Å². The third-order valence-electron chi connectivity index (χ3n) is 7.33. The number of aromatic nitrogens is 2. The Morgan fingerprint density at radius 1 is 1.09 bits per heavy atom. The van der Waals surface area contributed by atoms with Crippen LogP contribution in [0.1, 0.15) is 36.6 Å². The van der Waals surface area contributed by atoms with E-state index in [0.29, 0.717) is 30.0 Å². The zero-order chi connectivity index (χ0) is 24.5. The number of amides is 4. The Bertz CT molecular complexity index is 1480. The number of imide groups is 2. The number of nitrogens with zero attached hydrogens (tertiary/aromatic N) is 4. The number of nitrogens with one attached hydrogen (secondary N) is 1. The lowest BCUT2D eigenvalue weighted by Crippen LogP contribution is -2.70. The predicted octanol–water partition coefficient (Wildman–Crippen LogP) is 2.08. The molecule has 178 valence electrons. The normalized spacial score (nSPS) is 23.4. The van der Waals surface area contributed by atoms with Gasteiger partial charge in [-0.15, -0.1) is 0 Å². The molecule has 3 aromatic rings. The zero-order valence-corrected chi connectivity index (χ0v) is 19.5. The summed E-state index contributed by atoms with van der Waals surface area (Å²) in [5, 5.41) is 2.45. The molecule has 1 aromatic carbocycles. The number of rotatable bonds is 2. The number of benzene rings is 1. The van der Waals surface area contributed by atoms with E-state index in [0.717, 1.165) is 16.0 Å². The van der Waals surface area contributed by atoms with Crippen molar-refractivity contribution in [1.82, 2.24) is 19.6 Å². The molecule has 0 saturated carbocycles. The number of barbiturate groups is 1. The SMILES string of the molecule is CC(C)CN1C(=O)NC(=O)[C@@]2(Cc3c(nc4ccccn4c3=O)N3CCc4ccccc4[C@H]32)C1=O. The van der Waals surface area contributed by atoms with Crippen molar-refractivity contribution in [3.8, 4) is 0 Å². The van der Waals surface area contributed by atoms with Crippen LogP contribution in [0.15, 0.2) is 53.5 Å². The second-order valence-electron chi connectivity index (χ2n) is 9.91. The number of carbonyl (C=O) groups is 3. The molecule has 3 aliphatic heterocycles. The fraction of sp³-hybridized carbons (Fsp3) is 0.346. The van der Waals surface area contributed by atoms with Gasteiger partial charge < -0.3 is 4.90 Å². The van der Waals surface area contributed by atoms with Gasteiger partial charge in [-0.3, -0.25) is 29.0 Å². The maximum atomic E-state index is 14.2. The van der Waals surface area contributed by atoms with Crippen LogP contribution in [0.25, 0.3) is 5.65 Å². The van der Waals surface area contributed by atoms with Gasteiger partial charge in [-0.1, -0.05) is 44.2 Å². The number of anilines is 1. The third-order valence-corrected chi connectivity index (χ3v) is 7.33. The summed E-state index contributed by atoms with van der Waals surface area (Å²) in [7, 11) is 0. The van der Waals surface area contributed by atoms with Crippen LogP contribution in [0, 0.1) is 11.3 Å². The van der Waals surface area contributed by atoms with Crippen molar-refractivity contribution in [3.63, 3.8) is 0 Å². The molecule has 5 heterocycles. The van der Waals surface area contributed by atoms with Crippen molar-refractivity contribution < 1.29 is 14.4 Å². The van der Waals surface area contributed by atoms with Gasteiger partial charge in [0.1, 0.15) is 11.5 Å². The number of hydrogen-bond donors (Lipinski definition) is 1. The Hall–Kier alpha value is -4.01. The minimum absolute atomic E-state index is 0.0109. The minimum atomic E-state index is -1.67. The highest BCUT2D eigenvalue weighted by Gasteiger charge is 2.64. The highest BCUT2D eigenvalue weighted by molar-refractivity contribution is 6.20. The van der Waals surface area contributed by atoms with E-state index in [4.69, 9.17) is 4.98 Å². The van der Waals surface area contributed by atoms with E-state index < -0.39 is 29.3 Å². The molecule has 9 heteroatoms. The van der Waals surface area contributed by atoms with E-state index >= 15 is 0 Å². The summed E-state index contributed by atoms with van der Waals surface area (Å²) in [4.78, 5) is 62.2. The molecule has 2 aromatic heterocycles. The van der Waals surface area contributed by atoms with Gasteiger partial charge in [-0.05, 0) is 35.6 Å². The van der Waals surface area contributed by atoms with Crippen molar-refractivity contribution in [2.75, 3.05) is 18.0 Å². The molecule has 2 atom stereocenters. The summed E-state index contributed by atoms with van der Waals surface area (Å²) < 4.78 is 1.44. The van der Waals surface area contributed by atoms with Crippen LogP contribution in [0.2, 0.25) is 0 Å². The average molecular weight is 472 g/mol. The molecule has 0 unspecified atom stereocenters. The summed E-state index contributed by atoms with van der Waals surface area (Å²) in [6.45, 7) is 4.48. The fourth-order valence-corrected chi connectivity index (χ4v) is 5.84. The number of pyridine rings is 1. The lowest BCUT2D eigenvalue weighted by molar-refractivity contribution is -0.154. The Morgan fingerprint density at radius 2 is 1.86 bits per heavy atom. The predicted molar refractivity (Wildman–Crippen MR) is 128 cm³/mol. The van der Waals surface area contributed by atoms with E-state index in [9.17, 15) is 19.2 Å². The lowest BCUT2D eigenvalue weighted by atomic mass is 9.65. The monoisotopic (exact) mass is 471 g/mol. The van der Waals surface area contributed by atoms with Crippen molar-refractivity contribution in [2.24, 2.45) is 11.3 Å². The van der Waals surface area contributed by atoms with Crippen LogP contribution in [-0.4, -0.2) is 45.2 Å². The molecule has 0 aliphatic carbocycles. The number of carbonyl (C=O) groups excluding carboxylic acids is 3. The van der Waals surface area contributed by atoms with E-state index in [2.05, 4.69) is 5.32 Å². The smallest absolute Gasteiger partial charge is 0.330 e. The van der Waals surface area contributed by atoms with Gasteiger partial charge in [-0.25, -0.2) is 9.78 Å². The maximum absolute atomic E-state index is 14.2. The van der Waals surface area contributed by atoms with E-state index in [1.54, 1.807) is 18.3 Å². The molecular weight excluding hydrogens is 446 g/mol. The molecule has 1 spiro atoms.